The molecule has 0 unspecified atom stereocenters. The number of carboxylic acid groups (broad SMARTS) is 1. The number of esters is 1. The van der Waals surface area contributed by atoms with Gasteiger partial charge in [-0.15, -0.1) is 0 Å². The Morgan fingerprint density at radius 3 is 1.45 bits per heavy atom. The molecular weight excluding hydrogens is 528 g/mol. The van der Waals surface area contributed by atoms with Crippen LogP contribution in [0.25, 0.3) is 6.08 Å². The zero-order chi connectivity index (χ0) is 30.5. The van der Waals surface area contributed by atoms with Crippen molar-refractivity contribution in [3.63, 3.8) is 0 Å². The summed E-state index contributed by atoms with van der Waals surface area (Å²) < 4.78 is 10.4. The van der Waals surface area contributed by atoms with E-state index in [2.05, 4.69) is 0 Å². The monoisotopic (exact) mass is 588 g/mol. The van der Waals surface area contributed by atoms with E-state index in [0.717, 1.165) is 31.2 Å². The van der Waals surface area contributed by atoms with Crippen molar-refractivity contribution >= 4 is 18.0 Å². The lowest BCUT2D eigenvalue weighted by atomic mass is 10.0. The van der Waals surface area contributed by atoms with Crippen molar-refractivity contribution in [3.05, 3.63) is 29.8 Å². The molecule has 0 bridgehead atoms. The van der Waals surface area contributed by atoms with Gasteiger partial charge < -0.3 is 19.7 Å². The van der Waals surface area contributed by atoms with Crippen LogP contribution in [-0.4, -0.2) is 35.9 Å². The van der Waals surface area contributed by atoms with Crippen molar-refractivity contribution in [1.82, 2.24) is 0 Å². The predicted octanol–water partition coefficient (Wildman–Crippen LogP) is 10.4. The molecule has 1 aromatic rings. The van der Waals surface area contributed by atoms with Crippen LogP contribution in [0.2, 0.25) is 0 Å². The third-order valence-electron chi connectivity index (χ3n) is 7.89. The number of unbranched alkanes of at least 4 members (excludes halogenated alkanes) is 22. The largest absolute Gasteiger partial charge is 0.504 e. The SMILES string of the molecule is COc1cc(/C=C/C(=O)OCCCCCCCCCCCCCCCCCCCCCCCCCC(=O)O)ccc1O. The van der Waals surface area contributed by atoms with Gasteiger partial charge in [-0.05, 0) is 36.6 Å². The molecule has 0 radical (unpaired) electrons. The van der Waals surface area contributed by atoms with Crippen molar-refractivity contribution in [2.75, 3.05) is 13.7 Å². The van der Waals surface area contributed by atoms with Crippen molar-refractivity contribution < 1.29 is 29.3 Å². The maximum Gasteiger partial charge on any atom is 0.330 e. The zero-order valence-electron chi connectivity index (χ0n) is 26.6. The van der Waals surface area contributed by atoms with Crippen LogP contribution >= 0.6 is 0 Å². The number of hydrogen-bond donors (Lipinski definition) is 2. The molecule has 42 heavy (non-hydrogen) atoms. The second-order valence-corrected chi connectivity index (χ2v) is 11.7. The molecule has 240 valence electrons. The molecule has 6 nitrogen and oxygen atoms in total. The Balaban J connectivity index is 1.76. The number of benzene rings is 1. The summed E-state index contributed by atoms with van der Waals surface area (Å²) in [6.45, 7) is 0.460. The Morgan fingerprint density at radius 2 is 1.05 bits per heavy atom. The van der Waals surface area contributed by atoms with Crippen LogP contribution in [0.1, 0.15) is 160 Å². The average molecular weight is 589 g/mol. The highest BCUT2D eigenvalue weighted by atomic mass is 16.5. The van der Waals surface area contributed by atoms with Gasteiger partial charge in [-0.3, -0.25) is 4.79 Å². The standard InChI is InChI=1S/C36H60O6/c1-41-34-31-32(26-28-33(34)37)27-29-36(40)42-30-24-22-20-18-16-14-12-10-8-6-4-2-3-5-7-9-11-13-15-17-19-21-23-25-35(38)39/h26-29,31,37H,2-25,30H2,1H3,(H,38,39)/b29-27+. The summed E-state index contributed by atoms with van der Waals surface area (Å²) in [6.07, 6.45) is 32.8. The number of carbonyl (C=O) groups is 2. The normalized spacial score (nSPS) is 11.3. The van der Waals surface area contributed by atoms with Crippen LogP contribution in [-0.2, 0) is 14.3 Å². The highest BCUT2D eigenvalue weighted by Crippen LogP contribution is 2.26. The molecule has 0 atom stereocenters. The number of phenolic OH excluding ortho intramolecular Hbond substituents is 1. The summed E-state index contributed by atoms with van der Waals surface area (Å²) in [6, 6.07) is 4.93. The van der Waals surface area contributed by atoms with Crippen LogP contribution in [0.3, 0.4) is 0 Å². The van der Waals surface area contributed by atoms with E-state index in [0.29, 0.717) is 18.8 Å². The molecule has 0 saturated carbocycles. The summed E-state index contributed by atoms with van der Waals surface area (Å²) in [5.74, 6) is -0.558. The maximum absolute atomic E-state index is 11.9. The first kappa shape index (κ1) is 37.5. The minimum absolute atomic E-state index is 0.0735. The highest BCUT2D eigenvalue weighted by Gasteiger charge is 2.02. The first-order chi connectivity index (χ1) is 20.5. The van der Waals surface area contributed by atoms with E-state index in [-0.39, 0.29) is 11.7 Å². The summed E-state index contributed by atoms with van der Waals surface area (Å²) in [5, 5.41) is 18.3. The fourth-order valence-electron chi connectivity index (χ4n) is 5.27. The van der Waals surface area contributed by atoms with Crippen LogP contribution in [0, 0.1) is 0 Å². The van der Waals surface area contributed by atoms with Gasteiger partial charge in [0.2, 0.25) is 0 Å². The quantitative estimate of drug-likeness (QED) is 0.0549. The third-order valence-corrected chi connectivity index (χ3v) is 7.89. The van der Waals surface area contributed by atoms with Gasteiger partial charge in [0.05, 0.1) is 13.7 Å². The fourth-order valence-corrected chi connectivity index (χ4v) is 5.27. The smallest absolute Gasteiger partial charge is 0.330 e. The van der Waals surface area contributed by atoms with E-state index in [1.165, 1.54) is 141 Å². The van der Waals surface area contributed by atoms with Gasteiger partial charge in [-0.1, -0.05) is 141 Å². The van der Waals surface area contributed by atoms with Gasteiger partial charge in [-0.2, -0.15) is 0 Å². The van der Waals surface area contributed by atoms with Gasteiger partial charge in [0.1, 0.15) is 0 Å². The topological polar surface area (TPSA) is 93.1 Å². The number of hydrogen-bond acceptors (Lipinski definition) is 5. The zero-order valence-corrected chi connectivity index (χ0v) is 26.6. The number of rotatable bonds is 29. The number of aliphatic carboxylic acids is 1. The Labute approximate surface area is 256 Å². The van der Waals surface area contributed by atoms with Crippen molar-refractivity contribution in [2.45, 2.75) is 154 Å². The molecule has 1 aromatic carbocycles. The molecule has 0 spiro atoms. The lowest BCUT2D eigenvalue weighted by Crippen LogP contribution is -2.02. The minimum atomic E-state index is -0.665. The number of carboxylic acids is 1. The Hall–Kier alpha value is -2.50. The lowest BCUT2D eigenvalue weighted by molar-refractivity contribution is -0.138. The van der Waals surface area contributed by atoms with Gasteiger partial charge in [0.15, 0.2) is 11.5 Å². The molecule has 0 fully saturated rings. The van der Waals surface area contributed by atoms with Crippen molar-refractivity contribution in [1.29, 1.82) is 0 Å². The lowest BCUT2D eigenvalue weighted by Gasteiger charge is -2.05. The van der Waals surface area contributed by atoms with Gasteiger partial charge in [-0.25, -0.2) is 4.79 Å². The average Bonchev–Trinajstić information content (AvgIpc) is 2.98. The molecular formula is C36H60O6. The van der Waals surface area contributed by atoms with E-state index in [1.807, 2.05) is 0 Å². The third kappa shape index (κ3) is 23.1. The van der Waals surface area contributed by atoms with E-state index in [9.17, 15) is 14.7 Å². The van der Waals surface area contributed by atoms with E-state index in [4.69, 9.17) is 14.6 Å². The minimum Gasteiger partial charge on any atom is -0.504 e. The molecule has 1 rings (SSSR count). The number of aromatic hydroxyl groups is 1. The second kappa shape index (κ2) is 27.3. The van der Waals surface area contributed by atoms with E-state index >= 15 is 0 Å². The van der Waals surface area contributed by atoms with Crippen LogP contribution in [0.15, 0.2) is 24.3 Å². The van der Waals surface area contributed by atoms with Gasteiger partial charge >= 0.3 is 11.9 Å². The summed E-state index contributed by atoms with van der Waals surface area (Å²) in [7, 11) is 1.49. The molecule has 0 heterocycles. The summed E-state index contributed by atoms with van der Waals surface area (Å²) >= 11 is 0. The first-order valence-electron chi connectivity index (χ1n) is 17.0. The first-order valence-corrected chi connectivity index (χ1v) is 17.0. The maximum atomic E-state index is 11.9. The molecule has 0 amide bonds. The molecule has 0 aliphatic rings. The number of ether oxygens (including phenoxy) is 2. The molecule has 0 aliphatic carbocycles. The van der Waals surface area contributed by atoms with Crippen LogP contribution in [0.5, 0.6) is 11.5 Å². The van der Waals surface area contributed by atoms with E-state index in [1.54, 1.807) is 18.2 Å². The van der Waals surface area contributed by atoms with Gasteiger partial charge in [0, 0.05) is 12.5 Å². The molecule has 2 N–H and O–H groups in total. The molecule has 0 aliphatic heterocycles. The number of phenols is 1. The predicted molar refractivity (Wildman–Crippen MR) is 173 cm³/mol. The molecule has 0 saturated heterocycles. The summed E-state index contributed by atoms with van der Waals surface area (Å²) in [5.41, 5.74) is 0.770. The number of carbonyl (C=O) groups excluding carboxylic acids is 1. The molecule has 0 aromatic heterocycles. The molecule has 6 heteroatoms. The Morgan fingerprint density at radius 1 is 0.643 bits per heavy atom. The highest BCUT2D eigenvalue weighted by molar-refractivity contribution is 5.87. The fraction of sp³-hybridized carbons (Fsp3) is 0.722. The van der Waals surface area contributed by atoms with Crippen molar-refractivity contribution in [2.24, 2.45) is 0 Å². The Bertz CT molecular complexity index is 834. The number of methoxy groups -OCH3 is 1. The van der Waals surface area contributed by atoms with Crippen LogP contribution < -0.4 is 4.74 Å². The van der Waals surface area contributed by atoms with Crippen LogP contribution in [0.4, 0.5) is 0 Å². The Kier molecular flexibility index (Phi) is 24.4. The van der Waals surface area contributed by atoms with Gasteiger partial charge in [0.25, 0.3) is 0 Å². The van der Waals surface area contributed by atoms with E-state index < -0.39 is 5.97 Å². The summed E-state index contributed by atoms with van der Waals surface area (Å²) in [4.78, 5) is 22.4. The second-order valence-electron chi connectivity index (χ2n) is 11.7. The van der Waals surface area contributed by atoms with Crippen molar-refractivity contribution in [3.8, 4) is 11.5 Å².